The lowest BCUT2D eigenvalue weighted by molar-refractivity contribution is -0.113. The maximum atomic E-state index is 12.9. The van der Waals surface area contributed by atoms with Crippen LogP contribution in [0.15, 0.2) is 58.5 Å². The van der Waals surface area contributed by atoms with Crippen molar-refractivity contribution in [2.45, 2.75) is 49.5 Å². The van der Waals surface area contributed by atoms with Gasteiger partial charge in [-0.05, 0) is 74.2 Å². The number of fused-ring (bicyclic) bond motifs is 1. The van der Waals surface area contributed by atoms with E-state index in [2.05, 4.69) is 23.5 Å². The van der Waals surface area contributed by atoms with Crippen LogP contribution in [-0.2, 0) is 14.8 Å². The lowest BCUT2D eigenvalue weighted by Crippen LogP contribution is -2.31. The predicted octanol–water partition coefficient (Wildman–Crippen LogP) is 5.15. The maximum absolute atomic E-state index is 12.9. The molecule has 0 radical (unpaired) electrons. The summed E-state index contributed by atoms with van der Waals surface area (Å²) >= 11 is 1.40. The number of rotatable bonds is 6. The highest BCUT2D eigenvalue weighted by atomic mass is 32.2. The molecule has 1 N–H and O–H groups in total. The first-order valence-electron chi connectivity index (χ1n) is 11.2. The van der Waals surface area contributed by atoms with Crippen LogP contribution in [0.2, 0.25) is 0 Å². The number of carbonyl (C=O) groups excluding carboxylic acids is 1. The number of aromatic nitrogens is 1. The van der Waals surface area contributed by atoms with E-state index in [4.69, 9.17) is 4.98 Å². The molecule has 33 heavy (non-hydrogen) atoms. The van der Waals surface area contributed by atoms with Crippen molar-refractivity contribution in [1.29, 1.82) is 0 Å². The van der Waals surface area contributed by atoms with Crippen molar-refractivity contribution in [3.05, 3.63) is 59.7 Å². The van der Waals surface area contributed by atoms with E-state index in [1.807, 2.05) is 19.9 Å². The summed E-state index contributed by atoms with van der Waals surface area (Å²) in [5.74, 6) is 0.0626. The van der Waals surface area contributed by atoms with Gasteiger partial charge in [0.05, 0.1) is 16.2 Å². The first-order valence-corrected chi connectivity index (χ1v) is 13.7. The lowest BCUT2D eigenvalue weighted by atomic mass is 10.1. The molecule has 0 spiro atoms. The number of carbonyl (C=O) groups is 1. The average Bonchev–Trinajstić information content (AvgIpc) is 3.09. The van der Waals surface area contributed by atoms with Crippen LogP contribution < -0.4 is 5.32 Å². The highest BCUT2D eigenvalue weighted by molar-refractivity contribution is 8.00. The number of hydrogen-bond donors (Lipinski definition) is 1. The summed E-state index contributed by atoms with van der Waals surface area (Å²) in [6, 6.07) is 14.7. The van der Waals surface area contributed by atoms with Gasteiger partial charge in [0.25, 0.3) is 0 Å². The van der Waals surface area contributed by atoms with Crippen LogP contribution in [0.25, 0.3) is 10.9 Å². The molecule has 0 saturated carbocycles. The third-order valence-electron chi connectivity index (χ3n) is 5.80. The second-order valence-corrected chi connectivity index (χ2v) is 11.4. The van der Waals surface area contributed by atoms with E-state index in [0.29, 0.717) is 18.8 Å². The first-order chi connectivity index (χ1) is 15.8. The predicted molar refractivity (Wildman–Crippen MR) is 134 cm³/mol. The van der Waals surface area contributed by atoms with Gasteiger partial charge in [-0.3, -0.25) is 4.79 Å². The monoisotopic (exact) mass is 483 g/mol. The Bertz CT molecular complexity index is 1250. The van der Waals surface area contributed by atoms with E-state index >= 15 is 0 Å². The summed E-state index contributed by atoms with van der Waals surface area (Å²) in [7, 11) is -3.49. The Kier molecular flexibility index (Phi) is 7.36. The van der Waals surface area contributed by atoms with Crippen molar-refractivity contribution in [3.8, 4) is 0 Å². The van der Waals surface area contributed by atoms with E-state index in [1.165, 1.54) is 11.8 Å². The number of benzene rings is 2. The minimum absolute atomic E-state index is 0.159. The minimum Gasteiger partial charge on any atom is -0.325 e. The van der Waals surface area contributed by atoms with Crippen LogP contribution in [-0.4, -0.2) is 42.5 Å². The molecule has 1 fully saturated rings. The fraction of sp³-hybridized carbons (Fsp3) is 0.360. The molecule has 1 aliphatic heterocycles. The summed E-state index contributed by atoms with van der Waals surface area (Å²) in [5.41, 5.74) is 3.68. The Labute approximate surface area is 199 Å². The number of nitrogens with zero attached hydrogens (tertiary/aromatic N) is 2. The largest absolute Gasteiger partial charge is 0.325 e. The molecule has 3 aromatic rings. The highest BCUT2D eigenvalue weighted by Gasteiger charge is 2.25. The summed E-state index contributed by atoms with van der Waals surface area (Å²) in [6.45, 7) is 5.17. The van der Waals surface area contributed by atoms with Gasteiger partial charge in [-0.1, -0.05) is 36.7 Å². The van der Waals surface area contributed by atoms with Crippen LogP contribution >= 0.6 is 11.8 Å². The summed E-state index contributed by atoms with van der Waals surface area (Å²) < 4.78 is 27.4. The summed E-state index contributed by atoms with van der Waals surface area (Å²) in [6.07, 6.45) is 3.94. The molecule has 0 bridgehead atoms. The zero-order valence-corrected chi connectivity index (χ0v) is 20.6. The molecule has 0 aliphatic carbocycles. The molecule has 1 amide bonds. The first kappa shape index (κ1) is 23.7. The van der Waals surface area contributed by atoms with Gasteiger partial charge >= 0.3 is 0 Å². The molecule has 2 heterocycles. The number of nitrogens with one attached hydrogen (secondary N) is 1. The topological polar surface area (TPSA) is 79.4 Å². The van der Waals surface area contributed by atoms with E-state index in [9.17, 15) is 13.2 Å². The molecule has 0 atom stereocenters. The molecular formula is C25H29N3O3S2. The number of aryl methyl sites for hydroxylation is 2. The van der Waals surface area contributed by atoms with Gasteiger partial charge in [0.2, 0.25) is 15.9 Å². The molecular weight excluding hydrogens is 454 g/mol. The molecule has 1 saturated heterocycles. The fourth-order valence-electron chi connectivity index (χ4n) is 3.98. The lowest BCUT2D eigenvalue weighted by Gasteiger charge is -2.20. The maximum Gasteiger partial charge on any atom is 0.243 e. The van der Waals surface area contributed by atoms with Gasteiger partial charge in [-0.25, -0.2) is 13.4 Å². The van der Waals surface area contributed by atoms with Crippen LogP contribution in [0.5, 0.6) is 0 Å². The van der Waals surface area contributed by atoms with Crippen molar-refractivity contribution in [3.63, 3.8) is 0 Å². The molecule has 174 valence electrons. The van der Waals surface area contributed by atoms with E-state index in [-0.39, 0.29) is 16.6 Å². The number of thioether (sulfide) groups is 1. The molecule has 2 aromatic carbocycles. The van der Waals surface area contributed by atoms with Gasteiger partial charge < -0.3 is 5.32 Å². The Balaban J connectivity index is 1.38. The fourth-order valence-corrected chi connectivity index (χ4v) is 6.29. The molecule has 1 aliphatic rings. The van der Waals surface area contributed by atoms with Crippen LogP contribution in [0, 0.1) is 13.8 Å². The Morgan fingerprint density at radius 2 is 1.70 bits per heavy atom. The molecule has 1 aromatic heterocycles. The van der Waals surface area contributed by atoms with Crippen molar-refractivity contribution in [2.75, 3.05) is 24.2 Å². The Hall–Kier alpha value is -2.42. The van der Waals surface area contributed by atoms with Crippen molar-refractivity contribution in [1.82, 2.24) is 9.29 Å². The van der Waals surface area contributed by atoms with E-state index < -0.39 is 10.0 Å². The Morgan fingerprint density at radius 3 is 2.39 bits per heavy atom. The summed E-state index contributed by atoms with van der Waals surface area (Å²) in [5, 5.41) is 4.77. The van der Waals surface area contributed by atoms with Gasteiger partial charge in [0.1, 0.15) is 5.03 Å². The number of hydrogen-bond acceptors (Lipinski definition) is 5. The van der Waals surface area contributed by atoms with Gasteiger partial charge in [0, 0.05) is 24.2 Å². The van der Waals surface area contributed by atoms with Crippen molar-refractivity contribution < 1.29 is 13.2 Å². The third-order valence-corrected chi connectivity index (χ3v) is 8.80. The van der Waals surface area contributed by atoms with Crippen LogP contribution in [0.4, 0.5) is 5.69 Å². The quantitative estimate of drug-likeness (QED) is 0.491. The van der Waals surface area contributed by atoms with E-state index in [1.54, 1.807) is 28.6 Å². The second-order valence-electron chi connectivity index (χ2n) is 8.49. The second kappa shape index (κ2) is 10.2. The number of sulfonamides is 1. The zero-order valence-electron chi connectivity index (χ0n) is 19.0. The third kappa shape index (κ3) is 5.75. The highest BCUT2D eigenvalue weighted by Crippen LogP contribution is 2.26. The van der Waals surface area contributed by atoms with Crippen LogP contribution in [0.1, 0.15) is 36.8 Å². The molecule has 0 unspecified atom stereocenters. The number of amides is 1. The molecule has 4 rings (SSSR count). The van der Waals surface area contributed by atoms with Crippen LogP contribution in [0.3, 0.4) is 0 Å². The van der Waals surface area contributed by atoms with Gasteiger partial charge in [-0.15, -0.1) is 0 Å². The van der Waals surface area contributed by atoms with Gasteiger partial charge in [0.15, 0.2) is 0 Å². The zero-order chi connectivity index (χ0) is 23.4. The SMILES string of the molecule is Cc1ccc2cc(C)c(SCC(=O)Nc3ccc(S(=O)(=O)N4CCCCCC4)cc3)nc2c1. The van der Waals surface area contributed by atoms with Gasteiger partial charge in [-0.2, -0.15) is 4.31 Å². The average molecular weight is 484 g/mol. The molecule has 8 heteroatoms. The molecule has 6 nitrogen and oxygen atoms in total. The smallest absolute Gasteiger partial charge is 0.243 e. The van der Waals surface area contributed by atoms with Crippen molar-refractivity contribution in [2.24, 2.45) is 0 Å². The number of anilines is 1. The van der Waals surface area contributed by atoms with Crippen molar-refractivity contribution >= 4 is 44.3 Å². The number of pyridine rings is 1. The summed E-state index contributed by atoms with van der Waals surface area (Å²) in [4.78, 5) is 17.5. The Morgan fingerprint density at radius 1 is 1.00 bits per heavy atom. The normalized spacial score (nSPS) is 15.3. The minimum atomic E-state index is -3.49. The standard InChI is InChI=1S/C25H29N3O3S2/c1-18-7-8-20-16-19(2)25(27-23(20)15-18)32-17-24(29)26-21-9-11-22(12-10-21)33(30,31)28-13-5-3-4-6-14-28/h7-12,15-16H,3-6,13-14,17H2,1-2H3,(H,26,29). The van der Waals surface area contributed by atoms with E-state index in [0.717, 1.165) is 52.7 Å².